The summed E-state index contributed by atoms with van der Waals surface area (Å²) >= 11 is 9.32. The fourth-order valence-corrected chi connectivity index (χ4v) is 3.56. The normalized spacial score (nSPS) is 10.6. The maximum absolute atomic E-state index is 5.89. The summed E-state index contributed by atoms with van der Waals surface area (Å²) in [7, 11) is 0. The zero-order valence-corrected chi connectivity index (χ0v) is 11.3. The molecule has 0 unspecified atom stereocenters. The highest BCUT2D eigenvalue weighted by molar-refractivity contribution is 7.98. The van der Waals surface area contributed by atoms with E-state index in [1.165, 1.54) is 9.77 Å². The molecule has 16 heavy (non-hydrogen) atoms. The molecule has 0 bridgehead atoms. The fourth-order valence-electron chi connectivity index (χ4n) is 1.37. The van der Waals surface area contributed by atoms with Gasteiger partial charge in [0.05, 0.1) is 4.34 Å². The molecule has 0 fully saturated rings. The van der Waals surface area contributed by atoms with E-state index in [0.29, 0.717) is 0 Å². The highest BCUT2D eigenvalue weighted by Gasteiger charge is 2.03. The monoisotopic (exact) mass is 269 g/mol. The van der Waals surface area contributed by atoms with Crippen LogP contribution in [0, 0.1) is 6.92 Å². The van der Waals surface area contributed by atoms with Gasteiger partial charge in [0.15, 0.2) is 0 Å². The third-order valence-corrected chi connectivity index (χ3v) is 4.95. The molecule has 0 aliphatic rings. The zero-order chi connectivity index (χ0) is 11.5. The first-order valence-electron chi connectivity index (χ1n) is 4.89. The molecule has 0 saturated carbocycles. The summed E-state index contributed by atoms with van der Waals surface area (Å²) < 4.78 is 0.847. The molecule has 0 atom stereocenters. The van der Waals surface area contributed by atoms with Gasteiger partial charge in [-0.25, -0.2) is 0 Å². The number of hydrogen-bond acceptors (Lipinski definition) is 3. The van der Waals surface area contributed by atoms with Crippen LogP contribution in [0.5, 0.6) is 0 Å². The number of nitrogen functional groups attached to an aromatic ring is 1. The molecule has 1 heterocycles. The number of rotatable bonds is 3. The minimum Gasteiger partial charge on any atom is -0.398 e. The van der Waals surface area contributed by atoms with Crippen LogP contribution in [-0.4, -0.2) is 0 Å². The molecule has 2 rings (SSSR count). The Kier molecular flexibility index (Phi) is 3.79. The van der Waals surface area contributed by atoms with Gasteiger partial charge in [0, 0.05) is 21.2 Å². The van der Waals surface area contributed by atoms with Crippen molar-refractivity contribution in [1.29, 1.82) is 0 Å². The first-order valence-corrected chi connectivity index (χ1v) is 7.07. The maximum Gasteiger partial charge on any atom is 0.0931 e. The van der Waals surface area contributed by atoms with Crippen LogP contribution in [0.2, 0.25) is 4.34 Å². The summed E-state index contributed by atoms with van der Waals surface area (Å²) in [6, 6.07) is 10.0. The van der Waals surface area contributed by atoms with Crippen molar-refractivity contribution >= 4 is 40.4 Å². The van der Waals surface area contributed by atoms with Crippen LogP contribution < -0.4 is 5.73 Å². The lowest BCUT2D eigenvalue weighted by atomic mass is 10.2. The van der Waals surface area contributed by atoms with E-state index in [-0.39, 0.29) is 0 Å². The summed E-state index contributed by atoms with van der Waals surface area (Å²) in [6.45, 7) is 2.05. The molecular weight excluding hydrogens is 258 g/mol. The standard InChI is InChI=1S/C12H12ClNS2/c1-8-10(14)3-2-4-11(8)15-7-9-5-6-12(13)16-9/h2-6H,7,14H2,1H3. The predicted octanol–water partition coefficient (Wildman–Crippen LogP) is 4.58. The van der Waals surface area contributed by atoms with Crippen molar-refractivity contribution in [3.8, 4) is 0 Å². The fraction of sp³-hybridized carbons (Fsp3) is 0.167. The molecule has 0 saturated heterocycles. The number of thioether (sulfide) groups is 1. The van der Waals surface area contributed by atoms with Crippen molar-refractivity contribution in [3.63, 3.8) is 0 Å². The SMILES string of the molecule is Cc1c(N)cccc1SCc1ccc(Cl)s1. The quantitative estimate of drug-likeness (QED) is 0.652. The Morgan fingerprint density at radius 1 is 1.31 bits per heavy atom. The molecule has 0 spiro atoms. The van der Waals surface area contributed by atoms with Crippen molar-refractivity contribution in [1.82, 2.24) is 0 Å². The Balaban J connectivity index is 2.07. The van der Waals surface area contributed by atoms with Gasteiger partial charge in [-0.1, -0.05) is 17.7 Å². The Hall–Kier alpha value is -0.640. The number of halogens is 1. The van der Waals surface area contributed by atoms with E-state index in [0.717, 1.165) is 21.3 Å². The van der Waals surface area contributed by atoms with Crippen LogP contribution in [0.15, 0.2) is 35.2 Å². The van der Waals surface area contributed by atoms with Crippen molar-refractivity contribution in [3.05, 3.63) is 45.1 Å². The second-order valence-electron chi connectivity index (χ2n) is 3.46. The third-order valence-electron chi connectivity index (χ3n) is 2.32. The van der Waals surface area contributed by atoms with Crippen LogP contribution in [0.1, 0.15) is 10.4 Å². The molecule has 0 aliphatic carbocycles. The summed E-state index contributed by atoms with van der Waals surface area (Å²) in [4.78, 5) is 2.53. The average Bonchev–Trinajstić information content (AvgIpc) is 2.67. The lowest BCUT2D eigenvalue weighted by Crippen LogP contribution is -1.90. The molecule has 0 radical (unpaired) electrons. The molecule has 4 heteroatoms. The van der Waals surface area contributed by atoms with Crippen LogP contribution in [0.25, 0.3) is 0 Å². The molecule has 1 aromatic carbocycles. The van der Waals surface area contributed by atoms with Crippen molar-refractivity contribution < 1.29 is 0 Å². The van der Waals surface area contributed by atoms with Crippen LogP contribution in [0.4, 0.5) is 5.69 Å². The Bertz CT molecular complexity index is 494. The molecular formula is C12H12ClNS2. The van der Waals surface area contributed by atoms with Gasteiger partial charge in [0.25, 0.3) is 0 Å². The zero-order valence-electron chi connectivity index (χ0n) is 8.87. The van der Waals surface area contributed by atoms with Crippen LogP contribution >= 0.6 is 34.7 Å². The topological polar surface area (TPSA) is 26.0 Å². The van der Waals surface area contributed by atoms with E-state index < -0.39 is 0 Å². The Labute approximate surface area is 109 Å². The van der Waals surface area contributed by atoms with Crippen molar-refractivity contribution in [2.45, 2.75) is 17.6 Å². The molecule has 0 amide bonds. The number of benzene rings is 1. The molecule has 1 nitrogen and oxygen atoms in total. The Morgan fingerprint density at radius 3 is 2.81 bits per heavy atom. The van der Waals surface area contributed by atoms with E-state index in [2.05, 4.69) is 19.1 Å². The molecule has 0 aliphatic heterocycles. The van der Waals surface area contributed by atoms with E-state index >= 15 is 0 Å². The minimum absolute atomic E-state index is 0.847. The average molecular weight is 270 g/mol. The van der Waals surface area contributed by atoms with Gasteiger partial charge in [-0.3, -0.25) is 0 Å². The minimum atomic E-state index is 0.847. The summed E-state index contributed by atoms with van der Waals surface area (Å²) in [5.41, 5.74) is 7.88. The van der Waals surface area contributed by atoms with E-state index in [1.807, 2.05) is 18.2 Å². The molecule has 2 aromatic rings. The number of anilines is 1. The van der Waals surface area contributed by atoms with Crippen LogP contribution in [-0.2, 0) is 5.75 Å². The first-order chi connectivity index (χ1) is 7.66. The van der Waals surface area contributed by atoms with Crippen LogP contribution in [0.3, 0.4) is 0 Å². The molecule has 2 N–H and O–H groups in total. The highest BCUT2D eigenvalue weighted by atomic mass is 35.5. The predicted molar refractivity (Wildman–Crippen MR) is 74.5 cm³/mol. The van der Waals surface area contributed by atoms with E-state index in [1.54, 1.807) is 23.1 Å². The summed E-state index contributed by atoms with van der Waals surface area (Å²) in [5.74, 6) is 0.946. The third kappa shape index (κ3) is 2.73. The van der Waals surface area contributed by atoms with Gasteiger partial charge in [0.2, 0.25) is 0 Å². The number of hydrogen-bond donors (Lipinski definition) is 1. The summed E-state index contributed by atoms with van der Waals surface area (Å²) in [6.07, 6.45) is 0. The van der Waals surface area contributed by atoms with Gasteiger partial charge in [-0.15, -0.1) is 23.1 Å². The highest BCUT2D eigenvalue weighted by Crippen LogP contribution is 2.32. The molecule has 1 aromatic heterocycles. The van der Waals surface area contributed by atoms with E-state index in [9.17, 15) is 0 Å². The van der Waals surface area contributed by atoms with Gasteiger partial charge in [-0.2, -0.15) is 0 Å². The van der Waals surface area contributed by atoms with Gasteiger partial charge >= 0.3 is 0 Å². The smallest absolute Gasteiger partial charge is 0.0931 e. The van der Waals surface area contributed by atoms with Gasteiger partial charge in [0.1, 0.15) is 0 Å². The van der Waals surface area contributed by atoms with Gasteiger partial charge < -0.3 is 5.73 Å². The molecule has 84 valence electrons. The maximum atomic E-state index is 5.89. The number of thiophene rings is 1. The van der Waals surface area contributed by atoms with E-state index in [4.69, 9.17) is 17.3 Å². The number of nitrogens with two attached hydrogens (primary N) is 1. The lowest BCUT2D eigenvalue weighted by molar-refractivity contribution is 1.30. The first kappa shape index (κ1) is 11.8. The second kappa shape index (κ2) is 5.13. The van der Waals surface area contributed by atoms with Crippen molar-refractivity contribution in [2.75, 3.05) is 5.73 Å². The summed E-state index contributed by atoms with van der Waals surface area (Å²) in [5, 5.41) is 0. The van der Waals surface area contributed by atoms with Gasteiger partial charge in [-0.05, 0) is 36.8 Å². The Morgan fingerprint density at radius 2 is 2.12 bits per heavy atom. The van der Waals surface area contributed by atoms with Crippen molar-refractivity contribution in [2.24, 2.45) is 0 Å². The largest absolute Gasteiger partial charge is 0.398 e. The lowest BCUT2D eigenvalue weighted by Gasteiger charge is -2.06. The second-order valence-corrected chi connectivity index (χ2v) is 6.28.